The van der Waals surface area contributed by atoms with E-state index in [1.54, 1.807) is 12.1 Å². The first-order valence-electron chi connectivity index (χ1n) is 9.35. The van der Waals surface area contributed by atoms with E-state index >= 15 is 0 Å². The largest absolute Gasteiger partial charge is 0.356 e. The summed E-state index contributed by atoms with van der Waals surface area (Å²) in [4.78, 5) is 23.1. The van der Waals surface area contributed by atoms with Crippen molar-refractivity contribution in [3.8, 4) is 0 Å². The number of rotatable bonds is 9. The molecule has 5 heteroatoms. The molecule has 1 fully saturated rings. The van der Waals surface area contributed by atoms with Crippen LogP contribution in [-0.2, 0) is 9.59 Å². The van der Waals surface area contributed by atoms with Gasteiger partial charge >= 0.3 is 0 Å². The summed E-state index contributed by atoms with van der Waals surface area (Å²) >= 11 is 0. The van der Waals surface area contributed by atoms with Crippen molar-refractivity contribution in [2.24, 2.45) is 5.92 Å². The summed E-state index contributed by atoms with van der Waals surface area (Å²) in [6.07, 6.45) is 7.72. The molecule has 0 radical (unpaired) electrons. The SMILES string of the molecule is CC(=O)NCCCCCC(=O)N[C@@H](c1ccc(F)cc1)C1CCCC1. The molecule has 1 atom stereocenters. The zero-order valence-corrected chi connectivity index (χ0v) is 15.0. The number of benzene rings is 1. The van der Waals surface area contributed by atoms with Gasteiger partial charge in [-0.1, -0.05) is 31.4 Å². The van der Waals surface area contributed by atoms with Crippen molar-refractivity contribution in [3.63, 3.8) is 0 Å². The average Bonchev–Trinajstić information content (AvgIpc) is 3.11. The molecule has 1 aromatic carbocycles. The lowest BCUT2D eigenvalue weighted by molar-refractivity contribution is -0.122. The summed E-state index contributed by atoms with van der Waals surface area (Å²) in [6.45, 7) is 2.17. The minimum absolute atomic E-state index is 0.0172. The highest BCUT2D eigenvalue weighted by molar-refractivity contribution is 5.76. The van der Waals surface area contributed by atoms with Crippen LogP contribution in [0.5, 0.6) is 0 Å². The first-order valence-corrected chi connectivity index (χ1v) is 9.35. The minimum Gasteiger partial charge on any atom is -0.356 e. The molecule has 1 aliphatic carbocycles. The molecule has 2 rings (SSSR count). The Morgan fingerprint density at radius 1 is 1.12 bits per heavy atom. The molecule has 0 bridgehead atoms. The van der Waals surface area contributed by atoms with Crippen LogP contribution in [0, 0.1) is 11.7 Å². The number of hydrogen-bond donors (Lipinski definition) is 2. The molecule has 2 N–H and O–H groups in total. The number of hydrogen-bond acceptors (Lipinski definition) is 2. The van der Waals surface area contributed by atoms with E-state index in [0.717, 1.165) is 37.7 Å². The number of carbonyl (C=O) groups excluding carboxylic acids is 2. The molecule has 1 saturated carbocycles. The van der Waals surface area contributed by atoms with Gasteiger partial charge in [0.05, 0.1) is 6.04 Å². The van der Waals surface area contributed by atoms with E-state index in [0.29, 0.717) is 18.9 Å². The van der Waals surface area contributed by atoms with Crippen LogP contribution in [0.4, 0.5) is 4.39 Å². The third kappa shape index (κ3) is 6.85. The van der Waals surface area contributed by atoms with Crippen molar-refractivity contribution in [3.05, 3.63) is 35.6 Å². The molecular weight excluding hydrogens is 319 g/mol. The van der Waals surface area contributed by atoms with Crippen LogP contribution in [0.3, 0.4) is 0 Å². The van der Waals surface area contributed by atoms with Gasteiger partial charge in [0.2, 0.25) is 11.8 Å². The molecule has 0 saturated heterocycles. The van der Waals surface area contributed by atoms with Gasteiger partial charge in [0.1, 0.15) is 5.82 Å². The van der Waals surface area contributed by atoms with E-state index in [-0.39, 0.29) is 23.7 Å². The van der Waals surface area contributed by atoms with Gasteiger partial charge in [-0.05, 0) is 49.3 Å². The van der Waals surface area contributed by atoms with E-state index in [1.165, 1.54) is 31.9 Å². The first-order chi connectivity index (χ1) is 12.1. The lowest BCUT2D eigenvalue weighted by Crippen LogP contribution is -2.32. The third-order valence-corrected chi connectivity index (χ3v) is 4.87. The molecule has 0 heterocycles. The van der Waals surface area contributed by atoms with Crippen molar-refractivity contribution >= 4 is 11.8 Å². The van der Waals surface area contributed by atoms with Crippen molar-refractivity contribution in [1.82, 2.24) is 10.6 Å². The Kier molecular flexibility index (Phi) is 7.89. The standard InChI is InChI=1S/C20H29FN2O2/c1-15(24)22-14-6-2-3-9-19(25)23-20(16-7-4-5-8-16)17-10-12-18(21)13-11-17/h10-13,16,20H,2-9,14H2,1H3,(H,22,24)(H,23,25)/t20-/m1/s1. The molecule has 25 heavy (non-hydrogen) atoms. The van der Waals surface area contributed by atoms with Crippen LogP contribution in [0.25, 0.3) is 0 Å². The molecule has 1 aliphatic rings. The number of halogens is 1. The monoisotopic (exact) mass is 348 g/mol. The van der Waals surface area contributed by atoms with Gasteiger partial charge in [-0.3, -0.25) is 9.59 Å². The number of nitrogens with one attached hydrogen (secondary N) is 2. The second-order valence-electron chi connectivity index (χ2n) is 6.93. The van der Waals surface area contributed by atoms with Gasteiger partial charge in [-0.2, -0.15) is 0 Å². The van der Waals surface area contributed by atoms with Gasteiger partial charge in [0.25, 0.3) is 0 Å². The summed E-state index contributed by atoms with van der Waals surface area (Å²) in [6, 6.07) is 6.48. The predicted octanol–water partition coefficient (Wildman–Crippen LogP) is 3.87. The second-order valence-corrected chi connectivity index (χ2v) is 6.93. The summed E-state index contributed by atoms with van der Waals surface area (Å²) < 4.78 is 13.2. The molecule has 138 valence electrons. The fourth-order valence-corrected chi connectivity index (χ4v) is 3.53. The summed E-state index contributed by atoms with van der Waals surface area (Å²) in [5.41, 5.74) is 0.993. The second kappa shape index (κ2) is 10.2. The van der Waals surface area contributed by atoms with Gasteiger partial charge in [0, 0.05) is 19.9 Å². The Balaban J connectivity index is 1.81. The van der Waals surface area contributed by atoms with Crippen LogP contribution >= 0.6 is 0 Å². The Labute approximate surface area is 149 Å². The van der Waals surface area contributed by atoms with Crippen molar-refractivity contribution in [2.45, 2.75) is 64.3 Å². The van der Waals surface area contributed by atoms with Crippen LogP contribution in [0.1, 0.15) is 69.9 Å². The van der Waals surface area contributed by atoms with Gasteiger partial charge in [-0.15, -0.1) is 0 Å². The van der Waals surface area contributed by atoms with Crippen molar-refractivity contribution in [2.75, 3.05) is 6.54 Å². The van der Waals surface area contributed by atoms with Gasteiger partial charge < -0.3 is 10.6 Å². The number of carbonyl (C=O) groups is 2. The lowest BCUT2D eigenvalue weighted by atomic mass is 9.91. The first kappa shape index (κ1) is 19.4. The van der Waals surface area contributed by atoms with E-state index in [2.05, 4.69) is 10.6 Å². The maximum atomic E-state index is 13.2. The lowest BCUT2D eigenvalue weighted by Gasteiger charge is -2.25. The van der Waals surface area contributed by atoms with E-state index in [4.69, 9.17) is 0 Å². The number of amides is 2. The molecule has 2 amide bonds. The highest BCUT2D eigenvalue weighted by Crippen LogP contribution is 2.35. The molecule has 0 aliphatic heterocycles. The van der Waals surface area contributed by atoms with Crippen LogP contribution < -0.4 is 10.6 Å². The smallest absolute Gasteiger partial charge is 0.220 e. The van der Waals surface area contributed by atoms with Crippen molar-refractivity contribution in [1.29, 1.82) is 0 Å². The third-order valence-electron chi connectivity index (χ3n) is 4.87. The molecule has 4 nitrogen and oxygen atoms in total. The van der Waals surface area contributed by atoms with E-state index in [9.17, 15) is 14.0 Å². The van der Waals surface area contributed by atoms with Gasteiger partial charge in [0.15, 0.2) is 0 Å². The molecule has 0 unspecified atom stereocenters. The Hall–Kier alpha value is -1.91. The highest BCUT2D eigenvalue weighted by Gasteiger charge is 2.27. The topological polar surface area (TPSA) is 58.2 Å². The molecule has 0 spiro atoms. The van der Waals surface area contributed by atoms with E-state index < -0.39 is 0 Å². The maximum absolute atomic E-state index is 13.2. The van der Waals surface area contributed by atoms with Crippen LogP contribution in [0.2, 0.25) is 0 Å². The van der Waals surface area contributed by atoms with E-state index in [1.807, 2.05) is 0 Å². The fraction of sp³-hybridized carbons (Fsp3) is 0.600. The average molecular weight is 348 g/mol. The molecule has 1 aromatic rings. The Morgan fingerprint density at radius 2 is 1.80 bits per heavy atom. The zero-order valence-electron chi connectivity index (χ0n) is 15.0. The summed E-state index contributed by atoms with van der Waals surface area (Å²) in [5, 5.41) is 5.93. The molecular formula is C20H29FN2O2. The normalized spacial score (nSPS) is 15.8. The summed E-state index contributed by atoms with van der Waals surface area (Å²) in [5.74, 6) is 0.228. The summed E-state index contributed by atoms with van der Waals surface area (Å²) in [7, 11) is 0. The Bertz CT molecular complexity index is 553. The highest BCUT2D eigenvalue weighted by atomic mass is 19.1. The van der Waals surface area contributed by atoms with Gasteiger partial charge in [-0.25, -0.2) is 4.39 Å². The van der Waals surface area contributed by atoms with Crippen LogP contribution in [0.15, 0.2) is 24.3 Å². The minimum atomic E-state index is -0.251. The zero-order chi connectivity index (χ0) is 18.1. The molecule has 0 aromatic heterocycles. The fourth-order valence-electron chi connectivity index (χ4n) is 3.53. The van der Waals surface area contributed by atoms with Crippen molar-refractivity contribution < 1.29 is 14.0 Å². The Morgan fingerprint density at radius 3 is 2.44 bits per heavy atom. The maximum Gasteiger partial charge on any atom is 0.220 e. The van der Waals surface area contributed by atoms with Crippen LogP contribution in [-0.4, -0.2) is 18.4 Å². The quantitative estimate of drug-likeness (QED) is 0.666. The predicted molar refractivity (Wildman–Crippen MR) is 96.4 cm³/mol. The number of unbranched alkanes of at least 4 members (excludes halogenated alkanes) is 2.